The summed E-state index contributed by atoms with van der Waals surface area (Å²) in [6, 6.07) is 8.46. The zero-order chi connectivity index (χ0) is 13.9. The number of rotatable bonds is 3. The lowest BCUT2D eigenvalue weighted by atomic mass is 9.95. The van der Waals surface area contributed by atoms with Gasteiger partial charge >= 0.3 is 5.63 Å². The first kappa shape index (κ1) is 13.4. The van der Waals surface area contributed by atoms with Gasteiger partial charge in [0.1, 0.15) is 12.1 Å². The fourth-order valence-electron chi connectivity index (χ4n) is 3.17. The van der Waals surface area contributed by atoms with E-state index in [1.807, 2.05) is 13.0 Å². The zero-order valence-electron chi connectivity index (χ0n) is 12.0. The van der Waals surface area contributed by atoms with Crippen LogP contribution in [0.2, 0.25) is 0 Å². The molecule has 1 fully saturated rings. The Hall–Kier alpha value is -1.61. The van der Waals surface area contributed by atoms with Crippen LogP contribution in [-0.2, 0) is 6.54 Å². The average molecular weight is 272 g/mol. The fraction of sp³-hybridized carbons (Fsp3) is 0.471. The molecule has 1 aromatic heterocycles. The minimum absolute atomic E-state index is 0.241. The molecule has 0 radical (unpaired) electrons. The van der Waals surface area contributed by atoms with Crippen molar-refractivity contribution < 1.29 is 9.73 Å². The second kappa shape index (κ2) is 5.80. The minimum atomic E-state index is -0.241. The molecule has 0 spiro atoms. The highest BCUT2D eigenvalue weighted by Crippen LogP contribution is 2.18. The molecular weight excluding hydrogens is 250 g/mol. The molecule has 1 aromatic carbocycles. The fourth-order valence-corrected chi connectivity index (χ4v) is 3.17. The van der Waals surface area contributed by atoms with E-state index in [4.69, 9.17) is 4.42 Å². The molecule has 106 valence electrons. The van der Waals surface area contributed by atoms with Crippen LogP contribution in [-0.4, -0.2) is 6.04 Å². The van der Waals surface area contributed by atoms with Crippen LogP contribution in [0.5, 0.6) is 0 Å². The van der Waals surface area contributed by atoms with Gasteiger partial charge in [0, 0.05) is 17.0 Å². The third-order valence-electron chi connectivity index (χ3n) is 4.31. The summed E-state index contributed by atoms with van der Waals surface area (Å²) < 4.78 is 5.31. The SMILES string of the molecule is Cc1ccc2c(C[NH2+]C3CCCCC3)cc(=O)oc2c1. The Morgan fingerprint density at radius 3 is 2.80 bits per heavy atom. The molecule has 0 atom stereocenters. The van der Waals surface area contributed by atoms with Gasteiger partial charge < -0.3 is 9.73 Å². The first-order chi connectivity index (χ1) is 9.72. The Labute approximate surface area is 119 Å². The third-order valence-corrected chi connectivity index (χ3v) is 4.31. The predicted molar refractivity (Wildman–Crippen MR) is 79.7 cm³/mol. The molecule has 2 aromatic rings. The summed E-state index contributed by atoms with van der Waals surface area (Å²) in [5.74, 6) is 0. The van der Waals surface area contributed by atoms with E-state index in [9.17, 15) is 4.79 Å². The van der Waals surface area contributed by atoms with Crippen molar-refractivity contribution in [1.29, 1.82) is 0 Å². The Morgan fingerprint density at radius 1 is 1.20 bits per heavy atom. The van der Waals surface area contributed by atoms with E-state index < -0.39 is 0 Å². The number of hydrogen-bond donors (Lipinski definition) is 1. The Balaban J connectivity index is 1.84. The summed E-state index contributed by atoms with van der Waals surface area (Å²) in [6.45, 7) is 2.89. The summed E-state index contributed by atoms with van der Waals surface area (Å²) in [4.78, 5) is 11.7. The van der Waals surface area contributed by atoms with Crippen LogP contribution in [0.25, 0.3) is 11.0 Å². The molecule has 0 bridgehead atoms. The molecule has 0 amide bonds. The maximum atomic E-state index is 11.7. The highest BCUT2D eigenvalue weighted by molar-refractivity contribution is 5.80. The summed E-state index contributed by atoms with van der Waals surface area (Å²) in [5, 5.41) is 3.47. The highest BCUT2D eigenvalue weighted by Gasteiger charge is 2.16. The lowest BCUT2D eigenvalue weighted by molar-refractivity contribution is -0.706. The van der Waals surface area contributed by atoms with Gasteiger partial charge in [-0.05, 0) is 44.2 Å². The summed E-state index contributed by atoms with van der Waals surface area (Å²) >= 11 is 0. The van der Waals surface area contributed by atoms with E-state index >= 15 is 0 Å². The number of hydrogen-bond acceptors (Lipinski definition) is 2. The van der Waals surface area contributed by atoms with Crippen molar-refractivity contribution in [3.63, 3.8) is 0 Å². The second-order valence-corrected chi connectivity index (χ2v) is 5.93. The van der Waals surface area contributed by atoms with Crippen LogP contribution in [0.1, 0.15) is 43.2 Å². The Morgan fingerprint density at radius 2 is 2.00 bits per heavy atom. The number of fused-ring (bicyclic) bond motifs is 1. The maximum Gasteiger partial charge on any atom is 0.336 e. The van der Waals surface area contributed by atoms with Gasteiger partial charge in [-0.25, -0.2) is 4.79 Å². The molecule has 3 nitrogen and oxygen atoms in total. The number of nitrogens with two attached hydrogens (primary N) is 1. The van der Waals surface area contributed by atoms with Gasteiger partial charge in [0.25, 0.3) is 0 Å². The quantitative estimate of drug-likeness (QED) is 0.873. The molecule has 1 heterocycles. The molecule has 0 saturated heterocycles. The molecule has 1 aliphatic carbocycles. The van der Waals surface area contributed by atoms with Crippen LogP contribution in [0.3, 0.4) is 0 Å². The zero-order valence-corrected chi connectivity index (χ0v) is 12.0. The molecule has 20 heavy (non-hydrogen) atoms. The van der Waals surface area contributed by atoms with Gasteiger partial charge in [-0.1, -0.05) is 18.6 Å². The molecule has 0 aliphatic heterocycles. The van der Waals surface area contributed by atoms with Gasteiger partial charge in [0.2, 0.25) is 0 Å². The van der Waals surface area contributed by atoms with Crippen molar-refractivity contribution in [3.8, 4) is 0 Å². The first-order valence-electron chi connectivity index (χ1n) is 7.59. The highest BCUT2D eigenvalue weighted by atomic mass is 16.4. The van der Waals surface area contributed by atoms with Crippen LogP contribution in [0.4, 0.5) is 0 Å². The molecule has 0 unspecified atom stereocenters. The lowest BCUT2D eigenvalue weighted by Crippen LogP contribution is -2.88. The standard InChI is InChI=1S/C17H21NO2/c1-12-7-8-15-13(10-17(19)20-16(15)9-12)11-18-14-5-3-2-4-6-14/h7-10,14,18H,2-6,11H2,1H3/p+1. The monoisotopic (exact) mass is 272 g/mol. The molecule has 3 heteroatoms. The molecule has 1 saturated carbocycles. The summed E-state index contributed by atoms with van der Waals surface area (Å²) in [7, 11) is 0. The lowest BCUT2D eigenvalue weighted by Gasteiger charge is -2.20. The third kappa shape index (κ3) is 2.93. The van der Waals surface area contributed by atoms with Crippen molar-refractivity contribution in [2.75, 3.05) is 0 Å². The number of aryl methyl sites for hydroxylation is 1. The van der Waals surface area contributed by atoms with Crippen LogP contribution >= 0.6 is 0 Å². The van der Waals surface area contributed by atoms with E-state index in [0.717, 1.165) is 29.1 Å². The van der Waals surface area contributed by atoms with Gasteiger partial charge in [-0.15, -0.1) is 0 Å². The maximum absolute atomic E-state index is 11.7. The molecular formula is C17H22NO2+. The van der Waals surface area contributed by atoms with Gasteiger partial charge in [0.05, 0.1) is 6.04 Å². The van der Waals surface area contributed by atoms with Crippen molar-refractivity contribution in [1.82, 2.24) is 0 Å². The number of benzene rings is 1. The topological polar surface area (TPSA) is 46.8 Å². The largest absolute Gasteiger partial charge is 0.423 e. The van der Waals surface area contributed by atoms with E-state index in [1.54, 1.807) is 6.07 Å². The molecule has 1 aliphatic rings. The average Bonchev–Trinajstić information content (AvgIpc) is 2.45. The normalized spacial score (nSPS) is 16.6. The molecule has 3 rings (SSSR count). The van der Waals surface area contributed by atoms with Crippen molar-refractivity contribution in [2.45, 2.75) is 51.6 Å². The van der Waals surface area contributed by atoms with Crippen LogP contribution < -0.4 is 10.9 Å². The Kier molecular flexibility index (Phi) is 3.88. The minimum Gasteiger partial charge on any atom is -0.423 e. The van der Waals surface area contributed by atoms with Gasteiger partial charge in [-0.3, -0.25) is 0 Å². The molecule has 2 N–H and O–H groups in total. The van der Waals surface area contributed by atoms with Crippen LogP contribution in [0, 0.1) is 6.92 Å². The van der Waals surface area contributed by atoms with E-state index in [-0.39, 0.29) is 5.63 Å². The van der Waals surface area contributed by atoms with Crippen molar-refractivity contribution in [3.05, 3.63) is 45.8 Å². The summed E-state index contributed by atoms with van der Waals surface area (Å²) in [5.41, 5.74) is 2.69. The van der Waals surface area contributed by atoms with E-state index in [0.29, 0.717) is 5.58 Å². The van der Waals surface area contributed by atoms with Crippen molar-refractivity contribution in [2.24, 2.45) is 0 Å². The van der Waals surface area contributed by atoms with Gasteiger partial charge in [-0.2, -0.15) is 0 Å². The summed E-state index contributed by atoms with van der Waals surface area (Å²) in [6.07, 6.45) is 6.68. The van der Waals surface area contributed by atoms with E-state index in [2.05, 4.69) is 17.4 Å². The van der Waals surface area contributed by atoms with Gasteiger partial charge in [0.15, 0.2) is 0 Å². The Bertz CT molecular complexity index is 654. The van der Waals surface area contributed by atoms with Crippen molar-refractivity contribution >= 4 is 11.0 Å². The van der Waals surface area contributed by atoms with E-state index in [1.165, 1.54) is 32.1 Å². The smallest absolute Gasteiger partial charge is 0.336 e. The predicted octanol–water partition coefficient (Wildman–Crippen LogP) is 2.50. The first-order valence-corrected chi connectivity index (χ1v) is 7.59. The van der Waals surface area contributed by atoms with Crippen LogP contribution in [0.15, 0.2) is 33.5 Å². The number of quaternary nitrogens is 1. The second-order valence-electron chi connectivity index (χ2n) is 5.93.